The Morgan fingerprint density at radius 3 is 1.54 bits per heavy atom. The van der Waals surface area contributed by atoms with Gasteiger partial charge < -0.3 is 14.2 Å². The maximum absolute atomic E-state index is 8.63. The number of rotatable bonds is 0. The molecule has 0 spiro atoms. The summed E-state index contributed by atoms with van der Waals surface area (Å²) in [6, 6.07) is 8.71. The van der Waals surface area contributed by atoms with E-state index in [1.165, 1.54) is 0 Å². The van der Waals surface area contributed by atoms with Crippen LogP contribution in [0.1, 0.15) is 0 Å². The van der Waals surface area contributed by atoms with Crippen LogP contribution in [0.25, 0.3) is 0 Å². The van der Waals surface area contributed by atoms with Crippen molar-refractivity contribution in [2.75, 3.05) is 0 Å². The number of benzene rings is 1. The number of para-hydroxylation sites is 1. The molecule has 0 unspecified atom stereocenters. The van der Waals surface area contributed by atoms with Gasteiger partial charge in [0.25, 0.3) is 0 Å². The molecule has 0 fully saturated rings. The first-order valence-electron chi connectivity index (χ1n) is 2.80. The number of hydrogen-bond donors (Lipinski definition) is 1. The molecular formula is C6H6CaO5S. The van der Waals surface area contributed by atoms with Crippen molar-refractivity contribution in [3.8, 4) is 5.75 Å². The first-order valence-corrected chi connectivity index (χ1v) is 4.13. The van der Waals surface area contributed by atoms with Crippen LogP contribution in [0.3, 0.4) is 0 Å². The summed E-state index contributed by atoms with van der Waals surface area (Å²) in [5.74, 6) is 0.322. The van der Waals surface area contributed by atoms with Crippen LogP contribution in [0.4, 0.5) is 0 Å². The summed E-state index contributed by atoms with van der Waals surface area (Å²) < 4.78 is 34.1. The van der Waals surface area contributed by atoms with E-state index in [1.54, 1.807) is 24.3 Å². The summed E-state index contributed by atoms with van der Waals surface area (Å²) in [5, 5.41) is 8.63. The Balaban J connectivity index is 0. The van der Waals surface area contributed by atoms with Gasteiger partial charge in [-0.1, -0.05) is 18.2 Å². The van der Waals surface area contributed by atoms with Gasteiger partial charge in [-0.15, -0.1) is 0 Å². The Morgan fingerprint density at radius 2 is 1.38 bits per heavy atom. The van der Waals surface area contributed by atoms with E-state index in [0.29, 0.717) is 5.75 Å². The van der Waals surface area contributed by atoms with E-state index in [1.807, 2.05) is 6.07 Å². The number of phenolic OH excluding ortho intramolecular Hbond substituents is 1. The smallest absolute Gasteiger partial charge is 0.759 e. The predicted molar refractivity (Wildman–Crippen MR) is 44.3 cm³/mol. The van der Waals surface area contributed by atoms with Crippen molar-refractivity contribution in [1.29, 1.82) is 0 Å². The molecule has 0 aliphatic rings. The Kier molecular flexibility index (Phi) is 9.06. The molecule has 68 valence electrons. The molecule has 0 heterocycles. The van der Waals surface area contributed by atoms with Crippen LogP contribution < -0.4 is 0 Å². The van der Waals surface area contributed by atoms with Gasteiger partial charge in [0.15, 0.2) is 0 Å². The standard InChI is InChI=1S/C6H6O.Ca.H2O4S/c7-6-4-2-1-3-5-6;;1-5(2,3)4/h1-5,7H;;(H2,1,2,3,4)/q;+2;/p-2. The molecule has 0 radical (unpaired) electrons. The number of aromatic hydroxyl groups is 1. The molecule has 0 aliphatic heterocycles. The molecule has 0 saturated carbocycles. The number of phenols is 1. The maximum atomic E-state index is 8.63. The molecule has 0 aliphatic carbocycles. The van der Waals surface area contributed by atoms with Crippen molar-refractivity contribution in [1.82, 2.24) is 0 Å². The molecule has 7 heteroatoms. The van der Waals surface area contributed by atoms with Gasteiger partial charge in [-0.25, -0.2) is 0 Å². The molecule has 1 aromatic carbocycles. The second-order valence-corrected chi connectivity index (χ2v) is 2.56. The summed E-state index contributed by atoms with van der Waals surface area (Å²) >= 11 is 0. The van der Waals surface area contributed by atoms with Crippen LogP contribution in [-0.4, -0.2) is 60.4 Å². The fourth-order valence-corrected chi connectivity index (χ4v) is 0.428. The normalized spacial score (nSPS) is 9.08. The third-order valence-corrected chi connectivity index (χ3v) is 0.756. The molecule has 13 heavy (non-hydrogen) atoms. The van der Waals surface area contributed by atoms with Crippen LogP contribution in [0, 0.1) is 0 Å². The largest absolute Gasteiger partial charge is 2.00 e. The molecule has 0 saturated heterocycles. The van der Waals surface area contributed by atoms with Crippen LogP contribution in [-0.2, 0) is 10.4 Å². The zero-order chi connectivity index (χ0) is 9.61. The Bertz CT molecular complexity index is 301. The minimum atomic E-state index is -5.17. The van der Waals surface area contributed by atoms with Gasteiger partial charge in [-0.05, 0) is 12.1 Å². The summed E-state index contributed by atoms with van der Waals surface area (Å²) in [6.07, 6.45) is 0. The van der Waals surface area contributed by atoms with Gasteiger partial charge in [0.05, 0.1) is 0 Å². The van der Waals surface area contributed by atoms with Crippen molar-refractivity contribution in [2.45, 2.75) is 0 Å². The SMILES string of the molecule is O=S(=O)([O-])[O-].Oc1ccccc1.[Ca+2]. The monoisotopic (exact) mass is 230 g/mol. The zero-order valence-corrected chi connectivity index (χ0v) is 9.61. The van der Waals surface area contributed by atoms with E-state index in [-0.39, 0.29) is 37.7 Å². The Morgan fingerprint density at radius 1 is 1.08 bits per heavy atom. The molecule has 0 amide bonds. The van der Waals surface area contributed by atoms with Crippen LogP contribution in [0.15, 0.2) is 30.3 Å². The van der Waals surface area contributed by atoms with E-state index in [0.717, 1.165) is 0 Å². The topological polar surface area (TPSA) is 100 Å². The Hall–Kier alpha value is 0.150. The van der Waals surface area contributed by atoms with Crippen LogP contribution >= 0.6 is 0 Å². The van der Waals surface area contributed by atoms with Gasteiger partial charge in [0.1, 0.15) is 5.75 Å². The molecular weight excluding hydrogens is 224 g/mol. The van der Waals surface area contributed by atoms with Crippen molar-refractivity contribution >= 4 is 48.1 Å². The first kappa shape index (κ1) is 15.6. The summed E-state index contributed by atoms with van der Waals surface area (Å²) in [6.45, 7) is 0. The van der Waals surface area contributed by atoms with Gasteiger partial charge >= 0.3 is 37.7 Å². The molecule has 0 atom stereocenters. The summed E-state index contributed by atoms with van der Waals surface area (Å²) in [7, 11) is -5.17. The summed E-state index contributed by atoms with van der Waals surface area (Å²) in [4.78, 5) is 0. The fraction of sp³-hybridized carbons (Fsp3) is 0. The second kappa shape index (κ2) is 7.54. The van der Waals surface area contributed by atoms with Crippen molar-refractivity contribution in [3.05, 3.63) is 30.3 Å². The average molecular weight is 230 g/mol. The quantitative estimate of drug-likeness (QED) is 0.374. The van der Waals surface area contributed by atoms with Gasteiger partial charge in [-0.2, -0.15) is 0 Å². The minimum Gasteiger partial charge on any atom is -0.759 e. The van der Waals surface area contributed by atoms with Crippen LogP contribution in [0.5, 0.6) is 5.75 Å². The minimum absolute atomic E-state index is 0. The van der Waals surface area contributed by atoms with Crippen molar-refractivity contribution in [3.63, 3.8) is 0 Å². The molecule has 0 bridgehead atoms. The summed E-state index contributed by atoms with van der Waals surface area (Å²) in [5.41, 5.74) is 0. The van der Waals surface area contributed by atoms with E-state index >= 15 is 0 Å². The van der Waals surface area contributed by atoms with E-state index < -0.39 is 10.4 Å². The van der Waals surface area contributed by atoms with Crippen molar-refractivity contribution in [2.24, 2.45) is 0 Å². The number of hydrogen-bond acceptors (Lipinski definition) is 5. The third kappa shape index (κ3) is 18.8. The fourth-order valence-electron chi connectivity index (χ4n) is 0.428. The Labute approximate surface area is 106 Å². The van der Waals surface area contributed by atoms with Gasteiger partial charge in [0, 0.05) is 10.4 Å². The predicted octanol–water partition coefficient (Wildman–Crippen LogP) is -0.327. The molecule has 1 rings (SSSR count). The third-order valence-electron chi connectivity index (χ3n) is 0.756. The van der Waals surface area contributed by atoms with Gasteiger partial charge in [-0.3, -0.25) is 8.42 Å². The van der Waals surface area contributed by atoms with E-state index in [4.69, 9.17) is 22.6 Å². The zero-order valence-electron chi connectivity index (χ0n) is 6.58. The maximum Gasteiger partial charge on any atom is 2.00 e. The first-order chi connectivity index (χ1) is 5.39. The molecule has 1 N–H and O–H groups in total. The second-order valence-electron chi connectivity index (χ2n) is 1.74. The molecule has 5 nitrogen and oxygen atoms in total. The van der Waals surface area contributed by atoms with Gasteiger partial charge in [0.2, 0.25) is 0 Å². The van der Waals surface area contributed by atoms with E-state index in [9.17, 15) is 0 Å². The van der Waals surface area contributed by atoms with Crippen molar-refractivity contribution < 1.29 is 22.6 Å². The van der Waals surface area contributed by atoms with Crippen LogP contribution in [0.2, 0.25) is 0 Å². The van der Waals surface area contributed by atoms with E-state index in [2.05, 4.69) is 0 Å². The molecule has 0 aromatic heterocycles. The molecule has 1 aromatic rings. The average Bonchev–Trinajstić information content (AvgIpc) is 1.85.